The fourth-order valence-electron chi connectivity index (χ4n) is 4.09. The van der Waals surface area contributed by atoms with Crippen LogP contribution in [0.15, 0.2) is 35.3 Å². The number of rotatable bonds is 14. The number of nitrogens with zero attached hydrogens (tertiary/aromatic N) is 2. The van der Waals surface area contributed by atoms with Gasteiger partial charge in [-0.3, -0.25) is 24.2 Å². The van der Waals surface area contributed by atoms with Gasteiger partial charge in [0.1, 0.15) is 18.4 Å². The highest BCUT2D eigenvalue weighted by molar-refractivity contribution is 5.95. The van der Waals surface area contributed by atoms with Gasteiger partial charge in [-0.25, -0.2) is 0 Å². The number of hydrogen-bond donors (Lipinski definition) is 4. The predicted molar refractivity (Wildman–Crippen MR) is 136 cm³/mol. The van der Waals surface area contributed by atoms with Gasteiger partial charge in [-0.15, -0.1) is 0 Å². The van der Waals surface area contributed by atoms with Crippen molar-refractivity contribution in [1.29, 1.82) is 0 Å². The van der Waals surface area contributed by atoms with Gasteiger partial charge in [0.25, 0.3) is 0 Å². The summed E-state index contributed by atoms with van der Waals surface area (Å²) in [6, 6.07) is 6.64. The van der Waals surface area contributed by atoms with E-state index in [1.54, 1.807) is 0 Å². The van der Waals surface area contributed by atoms with Crippen LogP contribution in [-0.2, 0) is 35.1 Å². The van der Waals surface area contributed by atoms with Gasteiger partial charge in [-0.05, 0) is 37.7 Å². The largest absolute Gasteiger partial charge is 0.469 e. The van der Waals surface area contributed by atoms with Crippen molar-refractivity contribution in [3.63, 3.8) is 0 Å². The fourth-order valence-corrected chi connectivity index (χ4v) is 4.09. The molecule has 0 radical (unpaired) electrons. The van der Waals surface area contributed by atoms with Crippen molar-refractivity contribution in [3.8, 4) is 0 Å². The van der Waals surface area contributed by atoms with E-state index in [1.165, 1.54) is 12.0 Å². The number of nitrogens with one attached hydrogen (secondary N) is 2. The summed E-state index contributed by atoms with van der Waals surface area (Å²) in [5.74, 6) is -2.14. The second kappa shape index (κ2) is 15.2. The molecule has 6 N–H and O–H groups in total. The van der Waals surface area contributed by atoms with Crippen LogP contribution in [0.4, 0.5) is 0 Å². The number of nitrogens with two attached hydrogens (primary N) is 2. The lowest BCUT2D eigenvalue weighted by molar-refractivity contribution is -0.147. The lowest BCUT2D eigenvalue weighted by Gasteiger charge is -2.29. The molecule has 0 aromatic heterocycles. The number of amides is 3. The first kappa shape index (κ1) is 29.3. The maximum Gasteiger partial charge on any atom is 0.308 e. The van der Waals surface area contributed by atoms with Crippen LogP contribution in [0.1, 0.15) is 44.1 Å². The van der Waals surface area contributed by atoms with E-state index in [0.717, 1.165) is 5.56 Å². The van der Waals surface area contributed by atoms with Crippen LogP contribution < -0.4 is 22.1 Å². The molecule has 1 aromatic carbocycles. The number of methoxy groups -OCH3 is 1. The Hall–Kier alpha value is -3.96. The van der Waals surface area contributed by atoms with Crippen molar-refractivity contribution in [1.82, 2.24) is 15.5 Å². The molecule has 37 heavy (non-hydrogen) atoms. The molecule has 0 bridgehead atoms. The Morgan fingerprint density at radius 3 is 2.57 bits per heavy atom. The zero-order valence-electron chi connectivity index (χ0n) is 21.1. The number of aryl methyl sites for hydroxylation is 1. The third-order valence-corrected chi connectivity index (χ3v) is 6.01. The van der Waals surface area contributed by atoms with Crippen LogP contribution in [0.5, 0.6) is 0 Å². The molecule has 1 fully saturated rings. The molecule has 3 atom stereocenters. The van der Waals surface area contributed by atoms with Gasteiger partial charge >= 0.3 is 5.97 Å². The number of carbonyl (C=O) groups excluding carboxylic acids is 5. The number of benzene rings is 1. The van der Waals surface area contributed by atoms with Crippen molar-refractivity contribution < 1.29 is 28.7 Å². The second-order valence-electron chi connectivity index (χ2n) is 8.78. The Kier molecular flexibility index (Phi) is 12.0. The van der Waals surface area contributed by atoms with E-state index in [4.69, 9.17) is 16.2 Å². The van der Waals surface area contributed by atoms with Crippen LogP contribution in [-0.4, -0.2) is 79.2 Å². The standard InChI is InChI=1S/C25H36N6O6/c1-37-22(34)15-19(30-21(33)12-11-17-7-3-2-4-8-17)24(36)31-14-6-10-20(31)23(35)29-18(16-32)9-5-13-28-25(26)27/h2-4,7-8,16,18-20H,5-6,9-15H2,1H3,(H,29,35)(H,30,33)(H4,26,27,28)/t18-,19?,20?/m0/s1. The highest BCUT2D eigenvalue weighted by Gasteiger charge is 2.39. The number of hydrogen-bond acceptors (Lipinski definition) is 7. The molecular weight excluding hydrogens is 480 g/mol. The third-order valence-electron chi connectivity index (χ3n) is 6.01. The minimum absolute atomic E-state index is 0.0551. The van der Waals surface area contributed by atoms with E-state index in [2.05, 4.69) is 15.6 Å². The molecule has 1 aromatic rings. The molecule has 1 aliphatic rings. The molecule has 0 saturated carbocycles. The average Bonchev–Trinajstić information content (AvgIpc) is 3.39. The molecule has 3 amide bonds. The first-order valence-electron chi connectivity index (χ1n) is 12.3. The van der Waals surface area contributed by atoms with E-state index >= 15 is 0 Å². The quantitative estimate of drug-likeness (QED) is 0.0829. The minimum Gasteiger partial charge on any atom is -0.469 e. The van der Waals surface area contributed by atoms with Crippen LogP contribution in [0, 0.1) is 0 Å². The lowest BCUT2D eigenvalue weighted by atomic mass is 10.1. The summed E-state index contributed by atoms with van der Waals surface area (Å²) in [7, 11) is 1.19. The molecule has 1 aliphatic heterocycles. The number of carbonyl (C=O) groups is 5. The molecule has 1 heterocycles. The molecule has 202 valence electrons. The number of esters is 1. The number of guanidine groups is 1. The maximum absolute atomic E-state index is 13.4. The lowest BCUT2D eigenvalue weighted by Crippen LogP contribution is -2.55. The summed E-state index contributed by atoms with van der Waals surface area (Å²) in [4.78, 5) is 67.6. The van der Waals surface area contributed by atoms with Crippen molar-refractivity contribution in [2.24, 2.45) is 16.5 Å². The van der Waals surface area contributed by atoms with Gasteiger partial charge in [-0.2, -0.15) is 0 Å². The van der Waals surface area contributed by atoms with Gasteiger partial charge in [0, 0.05) is 19.5 Å². The monoisotopic (exact) mass is 516 g/mol. The molecule has 2 unspecified atom stereocenters. The molecule has 0 spiro atoms. The number of aliphatic imine (C=N–C) groups is 1. The summed E-state index contributed by atoms with van der Waals surface area (Å²) in [6.45, 7) is 0.598. The summed E-state index contributed by atoms with van der Waals surface area (Å²) in [5.41, 5.74) is 11.5. The van der Waals surface area contributed by atoms with Crippen LogP contribution >= 0.6 is 0 Å². The van der Waals surface area contributed by atoms with Gasteiger partial charge in [0.15, 0.2) is 5.96 Å². The first-order valence-corrected chi connectivity index (χ1v) is 12.3. The number of aldehydes is 1. The van der Waals surface area contributed by atoms with Crippen LogP contribution in [0.2, 0.25) is 0 Å². The number of likely N-dealkylation sites (tertiary alicyclic amines) is 1. The molecule has 2 rings (SSSR count). The Bertz CT molecular complexity index is 966. The molecule has 1 saturated heterocycles. The Balaban J connectivity index is 2.01. The summed E-state index contributed by atoms with van der Waals surface area (Å²) in [6.07, 6.45) is 2.62. The molecular formula is C25H36N6O6. The van der Waals surface area contributed by atoms with E-state index in [0.29, 0.717) is 44.9 Å². The fraction of sp³-hybridized carbons (Fsp3) is 0.520. The van der Waals surface area contributed by atoms with Gasteiger partial charge in [-0.1, -0.05) is 30.3 Å². The van der Waals surface area contributed by atoms with E-state index in [-0.39, 0.29) is 25.3 Å². The van der Waals surface area contributed by atoms with Crippen molar-refractivity contribution >= 4 is 35.9 Å². The molecule has 0 aliphatic carbocycles. The summed E-state index contributed by atoms with van der Waals surface area (Å²) in [5, 5.41) is 5.29. The van der Waals surface area contributed by atoms with Crippen molar-refractivity contribution in [2.45, 2.75) is 63.1 Å². The first-order chi connectivity index (χ1) is 17.7. The minimum atomic E-state index is -1.18. The summed E-state index contributed by atoms with van der Waals surface area (Å²) < 4.78 is 4.70. The maximum atomic E-state index is 13.4. The van der Waals surface area contributed by atoms with E-state index < -0.39 is 41.8 Å². The highest BCUT2D eigenvalue weighted by Crippen LogP contribution is 2.20. The Morgan fingerprint density at radius 2 is 1.92 bits per heavy atom. The third kappa shape index (κ3) is 9.90. The normalized spacial score (nSPS) is 16.2. The van der Waals surface area contributed by atoms with Gasteiger partial charge < -0.3 is 36.5 Å². The van der Waals surface area contributed by atoms with Crippen molar-refractivity contribution in [3.05, 3.63) is 35.9 Å². The topological polar surface area (TPSA) is 186 Å². The highest BCUT2D eigenvalue weighted by atomic mass is 16.5. The van der Waals surface area contributed by atoms with Crippen LogP contribution in [0.3, 0.4) is 0 Å². The Morgan fingerprint density at radius 1 is 1.19 bits per heavy atom. The average molecular weight is 517 g/mol. The SMILES string of the molecule is COC(=O)CC(NC(=O)CCc1ccccc1)C(=O)N1CCCC1C(=O)N[C@H](C=O)CCCN=C(N)N. The zero-order valence-corrected chi connectivity index (χ0v) is 21.1. The number of ether oxygens (including phenoxy) is 1. The van der Waals surface area contributed by atoms with Crippen LogP contribution in [0.25, 0.3) is 0 Å². The predicted octanol–water partition coefficient (Wildman–Crippen LogP) is -0.605. The van der Waals surface area contributed by atoms with E-state index in [1.807, 2.05) is 30.3 Å². The Labute approximate surface area is 216 Å². The van der Waals surface area contributed by atoms with Gasteiger partial charge in [0.05, 0.1) is 19.6 Å². The summed E-state index contributed by atoms with van der Waals surface area (Å²) >= 11 is 0. The van der Waals surface area contributed by atoms with E-state index in [9.17, 15) is 24.0 Å². The second-order valence-corrected chi connectivity index (χ2v) is 8.78. The molecule has 12 nitrogen and oxygen atoms in total. The smallest absolute Gasteiger partial charge is 0.308 e. The van der Waals surface area contributed by atoms with Gasteiger partial charge in [0.2, 0.25) is 17.7 Å². The van der Waals surface area contributed by atoms with Crippen molar-refractivity contribution in [2.75, 3.05) is 20.2 Å². The zero-order chi connectivity index (χ0) is 27.2. The molecule has 12 heteroatoms.